The first-order valence-electron chi connectivity index (χ1n) is 10.4. The highest BCUT2D eigenvalue weighted by molar-refractivity contribution is 5.80. The lowest BCUT2D eigenvalue weighted by Gasteiger charge is -2.31. The molecule has 1 aromatic carbocycles. The highest BCUT2D eigenvalue weighted by atomic mass is 16.5. The second kappa shape index (κ2) is 7.81. The average molecular weight is 391 g/mol. The Morgan fingerprint density at radius 1 is 1.10 bits per heavy atom. The summed E-state index contributed by atoms with van der Waals surface area (Å²) in [6.45, 7) is 0.635. The van der Waals surface area contributed by atoms with Crippen molar-refractivity contribution in [3.8, 4) is 5.75 Å². The molecule has 1 unspecified atom stereocenters. The summed E-state index contributed by atoms with van der Waals surface area (Å²) >= 11 is 0. The number of nitrogens with one attached hydrogen (secondary N) is 1. The fraction of sp³-hybridized carbons (Fsp3) is 0.455. The highest BCUT2D eigenvalue weighted by Gasteiger charge is 2.29. The van der Waals surface area contributed by atoms with Gasteiger partial charge in [-0.25, -0.2) is 9.67 Å². The molecule has 0 saturated heterocycles. The van der Waals surface area contributed by atoms with Crippen LogP contribution in [0.4, 0.5) is 0 Å². The summed E-state index contributed by atoms with van der Waals surface area (Å²) in [7, 11) is 0. The zero-order chi connectivity index (χ0) is 19.6. The topological polar surface area (TPSA) is 81.9 Å². The van der Waals surface area contributed by atoms with Crippen molar-refractivity contribution in [2.24, 2.45) is 5.92 Å². The van der Waals surface area contributed by atoms with E-state index in [9.17, 15) is 4.79 Å². The van der Waals surface area contributed by atoms with Crippen LogP contribution in [0.1, 0.15) is 37.9 Å². The molecule has 3 heterocycles. The van der Waals surface area contributed by atoms with E-state index in [1.54, 1.807) is 12.5 Å². The number of fused-ring (bicyclic) bond motifs is 2. The maximum atomic E-state index is 12.7. The Hall–Kier alpha value is -2.96. The molecule has 2 aromatic heterocycles. The van der Waals surface area contributed by atoms with Gasteiger partial charge in [0.25, 0.3) is 0 Å². The summed E-state index contributed by atoms with van der Waals surface area (Å²) in [6, 6.07) is 10.3. The van der Waals surface area contributed by atoms with Crippen molar-refractivity contribution >= 4 is 16.8 Å². The van der Waals surface area contributed by atoms with Crippen molar-refractivity contribution in [3.63, 3.8) is 0 Å². The molecular formula is C22H25N5O2. The van der Waals surface area contributed by atoms with Crippen LogP contribution >= 0.6 is 0 Å². The van der Waals surface area contributed by atoms with Crippen LogP contribution in [0.2, 0.25) is 0 Å². The molecule has 3 aromatic rings. The van der Waals surface area contributed by atoms with Crippen LogP contribution in [-0.2, 0) is 17.8 Å². The summed E-state index contributed by atoms with van der Waals surface area (Å²) in [5, 5.41) is 8.56. The van der Waals surface area contributed by atoms with Gasteiger partial charge in [0.2, 0.25) is 5.91 Å². The number of hydrogen-bond donors (Lipinski definition) is 1. The SMILES string of the molecule is O=C(NC1CCC(Oc2ccc3ncccc3c2)CC1)C1CCc2ncnn2C1. The van der Waals surface area contributed by atoms with Gasteiger partial charge >= 0.3 is 0 Å². The van der Waals surface area contributed by atoms with Crippen LogP contribution in [-0.4, -0.2) is 37.8 Å². The fourth-order valence-electron chi connectivity index (χ4n) is 4.42. The molecule has 7 nitrogen and oxygen atoms in total. The predicted octanol–water partition coefficient (Wildman–Crippen LogP) is 2.90. The number of nitrogens with zero attached hydrogens (tertiary/aromatic N) is 4. The van der Waals surface area contributed by atoms with Gasteiger partial charge in [0.05, 0.1) is 24.1 Å². The molecule has 7 heteroatoms. The summed E-state index contributed by atoms with van der Waals surface area (Å²) in [6.07, 6.45) is 9.05. The predicted molar refractivity (Wildman–Crippen MR) is 108 cm³/mol. The molecule has 1 fully saturated rings. The van der Waals surface area contributed by atoms with Gasteiger partial charge in [-0.05, 0) is 56.4 Å². The third-order valence-electron chi connectivity index (χ3n) is 6.07. The molecule has 1 saturated carbocycles. The number of ether oxygens (including phenoxy) is 1. The zero-order valence-electron chi connectivity index (χ0n) is 16.3. The van der Waals surface area contributed by atoms with E-state index in [1.807, 2.05) is 22.9 Å². The number of aromatic nitrogens is 4. The summed E-state index contributed by atoms with van der Waals surface area (Å²) in [4.78, 5) is 21.3. The third kappa shape index (κ3) is 3.95. The minimum absolute atomic E-state index is 0.00983. The monoisotopic (exact) mass is 391 g/mol. The molecule has 1 amide bonds. The Balaban J connectivity index is 1.12. The van der Waals surface area contributed by atoms with Gasteiger partial charge < -0.3 is 10.1 Å². The molecule has 1 aliphatic carbocycles. The molecule has 1 N–H and O–H groups in total. The smallest absolute Gasteiger partial charge is 0.225 e. The number of hydrogen-bond acceptors (Lipinski definition) is 5. The Labute approximate surface area is 169 Å². The Morgan fingerprint density at radius 2 is 2.00 bits per heavy atom. The van der Waals surface area contributed by atoms with Crippen LogP contribution in [0, 0.1) is 5.92 Å². The van der Waals surface area contributed by atoms with Crippen molar-refractivity contribution in [2.45, 2.75) is 57.2 Å². The molecule has 150 valence electrons. The first-order chi connectivity index (χ1) is 14.2. The van der Waals surface area contributed by atoms with Crippen LogP contribution in [0.25, 0.3) is 10.9 Å². The number of aryl methyl sites for hydroxylation is 1. The first-order valence-corrected chi connectivity index (χ1v) is 10.4. The Bertz CT molecular complexity index is 1010. The van der Waals surface area contributed by atoms with E-state index in [4.69, 9.17) is 4.74 Å². The average Bonchev–Trinajstić information content (AvgIpc) is 3.23. The van der Waals surface area contributed by atoms with E-state index < -0.39 is 0 Å². The van der Waals surface area contributed by atoms with E-state index in [2.05, 4.69) is 32.5 Å². The third-order valence-corrected chi connectivity index (χ3v) is 6.07. The lowest BCUT2D eigenvalue weighted by Crippen LogP contribution is -2.44. The number of rotatable bonds is 4. The maximum absolute atomic E-state index is 12.7. The lowest BCUT2D eigenvalue weighted by atomic mass is 9.91. The second-order valence-corrected chi connectivity index (χ2v) is 8.05. The molecule has 1 atom stereocenters. The molecule has 2 aliphatic rings. The molecular weight excluding hydrogens is 366 g/mol. The van der Waals surface area contributed by atoms with Crippen LogP contribution in [0.15, 0.2) is 42.9 Å². The molecule has 1 aliphatic heterocycles. The van der Waals surface area contributed by atoms with Crippen molar-refractivity contribution in [2.75, 3.05) is 0 Å². The molecule has 0 radical (unpaired) electrons. The number of amides is 1. The van der Waals surface area contributed by atoms with Gasteiger partial charge in [-0.15, -0.1) is 0 Å². The van der Waals surface area contributed by atoms with Gasteiger partial charge in [0, 0.05) is 24.0 Å². The summed E-state index contributed by atoms with van der Waals surface area (Å²) in [5.74, 6) is 2.02. The molecule has 0 bridgehead atoms. The van der Waals surface area contributed by atoms with Gasteiger partial charge in [-0.3, -0.25) is 9.78 Å². The van der Waals surface area contributed by atoms with Crippen LogP contribution in [0.5, 0.6) is 5.75 Å². The summed E-state index contributed by atoms with van der Waals surface area (Å²) < 4.78 is 8.06. The van der Waals surface area contributed by atoms with E-state index >= 15 is 0 Å². The van der Waals surface area contributed by atoms with Gasteiger partial charge in [0.1, 0.15) is 17.9 Å². The van der Waals surface area contributed by atoms with E-state index in [-0.39, 0.29) is 24.0 Å². The second-order valence-electron chi connectivity index (χ2n) is 8.05. The van der Waals surface area contributed by atoms with E-state index in [0.717, 1.165) is 61.0 Å². The van der Waals surface area contributed by atoms with Crippen molar-refractivity contribution < 1.29 is 9.53 Å². The zero-order valence-corrected chi connectivity index (χ0v) is 16.3. The quantitative estimate of drug-likeness (QED) is 0.740. The molecule has 0 spiro atoms. The first kappa shape index (κ1) is 18.1. The standard InChI is InChI=1S/C22H25N5O2/c28-22(16-3-10-21-24-14-25-27(21)13-16)26-17-4-6-18(7-5-17)29-19-8-9-20-15(12-19)2-1-11-23-20/h1-2,8-9,11-12,14,16-18H,3-7,10,13H2,(H,26,28). The maximum Gasteiger partial charge on any atom is 0.225 e. The Kier molecular flexibility index (Phi) is 4.87. The van der Waals surface area contributed by atoms with Crippen molar-refractivity contribution in [1.82, 2.24) is 25.1 Å². The van der Waals surface area contributed by atoms with Crippen molar-refractivity contribution in [1.29, 1.82) is 0 Å². The van der Waals surface area contributed by atoms with Gasteiger partial charge in [-0.2, -0.15) is 5.10 Å². The lowest BCUT2D eigenvalue weighted by molar-refractivity contribution is -0.127. The van der Waals surface area contributed by atoms with Crippen molar-refractivity contribution in [3.05, 3.63) is 48.7 Å². The van der Waals surface area contributed by atoms with Crippen LogP contribution < -0.4 is 10.1 Å². The number of carbonyl (C=O) groups is 1. The Morgan fingerprint density at radius 3 is 2.90 bits per heavy atom. The number of pyridine rings is 1. The molecule has 5 rings (SSSR count). The van der Waals surface area contributed by atoms with Gasteiger partial charge in [0.15, 0.2) is 0 Å². The van der Waals surface area contributed by atoms with E-state index in [1.165, 1.54) is 0 Å². The highest BCUT2D eigenvalue weighted by Crippen LogP contribution is 2.27. The number of benzene rings is 1. The number of carbonyl (C=O) groups excluding carboxylic acids is 1. The summed E-state index contributed by atoms with van der Waals surface area (Å²) in [5.41, 5.74) is 0.979. The molecule has 29 heavy (non-hydrogen) atoms. The van der Waals surface area contributed by atoms with E-state index in [0.29, 0.717) is 6.54 Å². The largest absolute Gasteiger partial charge is 0.490 e. The fourth-order valence-corrected chi connectivity index (χ4v) is 4.42. The minimum Gasteiger partial charge on any atom is -0.490 e. The normalized spacial score (nSPS) is 24.1. The van der Waals surface area contributed by atoms with Gasteiger partial charge in [-0.1, -0.05) is 6.07 Å². The minimum atomic E-state index is -0.00983. The van der Waals surface area contributed by atoms with Crippen LogP contribution in [0.3, 0.4) is 0 Å².